The Balaban J connectivity index is 1.17. The fourth-order valence-electron chi connectivity index (χ4n) is 4.07. The number of aliphatic hydroxyl groups is 2. The molecule has 0 saturated carbocycles. The Kier molecular flexibility index (Phi) is 7.69. The first-order chi connectivity index (χ1) is 17.1. The average Bonchev–Trinajstić information content (AvgIpc) is 3.38. The van der Waals surface area contributed by atoms with Crippen LogP contribution in [0.25, 0.3) is 11.2 Å². The highest BCUT2D eigenvalue weighted by Gasteiger charge is 2.44. The molecule has 0 spiro atoms. The Hall–Kier alpha value is -3.32. The SMILES string of the molecule is CC(C)(C)c1ccc(NC(=O)NCCCNC[C@H]2O[C@@H](n3cnc4c(N)ncnc43)[C@H](O)[C@@H]2O)cc1. The fourth-order valence-corrected chi connectivity index (χ4v) is 4.07. The maximum atomic E-state index is 12.1. The van der Waals surface area contributed by atoms with Crippen LogP contribution in [-0.4, -0.2) is 73.7 Å². The van der Waals surface area contributed by atoms with E-state index < -0.39 is 24.5 Å². The van der Waals surface area contributed by atoms with Crippen molar-refractivity contribution in [1.29, 1.82) is 0 Å². The highest BCUT2D eigenvalue weighted by atomic mass is 16.6. The Labute approximate surface area is 209 Å². The van der Waals surface area contributed by atoms with Gasteiger partial charge in [0.05, 0.1) is 6.33 Å². The van der Waals surface area contributed by atoms with E-state index in [0.29, 0.717) is 37.2 Å². The van der Waals surface area contributed by atoms with E-state index in [1.807, 2.05) is 24.3 Å². The molecule has 0 aliphatic carbocycles. The van der Waals surface area contributed by atoms with Gasteiger partial charge in [-0.05, 0) is 36.1 Å². The summed E-state index contributed by atoms with van der Waals surface area (Å²) in [6.07, 6.45) is -0.289. The molecule has 2 amide bonds. The number of nitrogens with zero attached hydrogens (tertiary/aromatic N) is 4. The summed E-state index contributed by atoms with van der Waals surface area (Å²) < 4.78 is 7.44. The maximum Gasteiger partial charge on any atom is 0.319 e. The first-order valence-electron chi connectivity index (χ1n) is 12.0. The van der Waals surface area contributed by atoms with Gasteiger partial charge in [-0.1, -0.05) is 32.9 Å². The molecule has 0 bridgehead atoms. The lowest BCUT2D eigenvalue weighted by molar-refractivity contribution is -0.0341. The Morgan fingerprint density at radius 1 is 1.11 bits per heavy atom. The third-order valence-electron chi connectivity index (χ3n) is 6.17. The Morgan fingerprint density at radius 2 is 1.86 bits per heavy atom. The monoisotopic (exact) mass is 498 g/mol. The molecule has 4 atom stereocenters. The molecule has 36 heavy (non-hydrogen) atoms. The second kappa shape index (κ2) is 10.7. The van der Waals surface area contributed by atoms with Gasteiger partial charge in [-0.25, -0.2) is 19.7 Å². The molecular formula is C24H34N8O4. The van der Waals surface area contributed by atoms with E-state index in [1.165, 1.54) is 18.2 Å². The van der Waals surface area contributed by atoms with Crippen LogP contribution in [0.3, 0.4) is 0 Å². The highest BCUT2D eigenvalue weighted by Crippen LogP contribution is 2.31. The second-order valence-electron chi connectivity index (χ2n) is 9.90. The number of aromatic nitrogens is 4. The molecule has 194 valence electrons. The van der Waals surface area contributed by atoms with Crippen molar-refractivity contribution >= 4 is 28.7 Å². The van der Waals surface area contributed by atoms with Crippen molar-refractivity contribution in [2.75, 3.05) is 30.7 Å². The number of hydrogen-bond donors (Lipinski definition) is 6. The third kappa shape index (κ3) is 5.73. The number of fused-ring (bicyclic) bond motifs is 1. The number of aliphatic hydroxyl groups excluding tert-OH is 2. The van der Waals surface area contributed by atoms with Crippen LogP contribution in [0, 0.1) is 0 Å². The first kappa shape index (κ1) is 25.8. The lowest BCUT2D eigenvalue weighted by Gasteiger charge is -2.19. The molecule has 2 aromatic heterocycles. The number of imidazole rings is 1. The minimum atomic E-state index is -1.16. The van der Waals surface area contributed by atoms with E-state index in [1.54, 1.807) is 4.57 Å². The van der Waals surface area contributed by atoms with Gasteiger partial charge in [0.2, 0.25) is 0 Å². The molecule has 12 heteroatoms. The van der Waals surface area contributed by atoms with Gasteiger partial charge in [0, 0.05) is 18.8 Å². The van der Waals surface area contributed by atoms with Crippen molar-refractivity contribution < 1.29 is 19.7 Å². The smallest absolute Gasteiger partial charge is 0.319 e. The quantitative estimate of drug-likeness (QED) is 0.249. The summed E-state index contributed by atoms with van der Waals surface area (Å²) in [6.45, 7) is 7.81. The minimum absolute atomic E-state index is 0.0592. The lowest BCUT2D eigenvalue weighted by Crippen LogP contribution is -2.38. The van der Waals surface area contributed by atoms with Crippen LogP contribution < -0.4 is 21.7 Å². The van der Waals surface area contributed by atoms with Crippen LogP contribution in [0.2, 0.25) is 0 Å². The van der Waals surface area contributed by atoms with Gasteiger partial charge in [0.1, 0.15) is 30.2 Å². The molecule has 1 aliphatic heterocycles. The third-order valence-corrected chi connectivity index (χ3v) is 6.17. The van der Waals surface area contributed by atoms with Crippen LogP contribution in [0.5, 0.6) is 0 Å². The predicted octanol–water partition coefficient (Wildman–Crippen LogP) is 1.13. The van der Waals surface area contributed by atoms with Crippen LogP contribution in [-0.2, 0) is 10.2 Å². The Morgan fingerprint density at radius 3 is 2.58 bits per heavy atom. The van der Waals surface area contributed by atoms with Gasteiger partial charge < -0.3 is 36.6 Å². The fraction of sp³-hybridized carbons (Fsp3) is 0.500. The molecule has 3 aromatic rings. The molecule has 12 nitrogen and oxygen atoms in total. The number of urea groups is 1. The van der Waals surface area contributed by atoms with Gasteiger partial charge >= 0.3 is 6.03 Å². The van der Waals surface area contributed by atoms with Crippen molar-refractivity contribution in [2.24, 2.45) is 0 Å². The number of nitrogens with two attached hydrogens (primary N) is 1. The number of carbonyl (C=O) groups excluding carboxylic acids is 1. The zero-order chi connectivity index (χ0) is 25.9. The number of hydrogen-bond acceptors (Lipinski definition) is 9. The number of nitrogen functional groups attached to an aromatic ring is 1. The number of nitrogens with one attached hydrogen (secondary N) is 3. The van der Waals surface area contributed by atoms with E-state index in [2.05, 4.69) is 51.7 Å². The van der Waals surface area contributed by atoms with Gasteiger partial charge in [-0.15, -0.1) is 0 Å². The van der Waals surface area contributed by atoms with Crippen molar-refractivity contribution in [2.45, 2.75) is 57.1 Å². The van der Waals surface area contributed by atoms with E-state index in [4.69, 9.17) is 10.5 Å². The van der Waals surface area contributed by atoms with E-state index in [0.717, 1.165) is 5.69 Å². The summed E-state index contributed by atoms with van der Waals surface area (Å²) >= 11 is 0. The molecule has 0 radical (unpaired) electrons. The molecule has 1 saturated heterocycles. The topological polar surface area (TPSA) is 172 Å². The molecule has 4 rings (SSSR count). The number of rotatable bonds is 8. The molecule has 1 aromatic carbocycles. The number of anilines is 2. The summed E-state index contributed by atoms with van der Waals surface area (Å²) in [5.74, 6) is 0.228. The zero-order valence-corrected chi connectivity index (χ0v) is 20.7. The second-order valence-corrected chi connectivity index (χ2v) is 9.90. The summed E-state index contributed by atoms with van der Waals surface area (Å²) in [5, 5.41) is 29.8. The van der Waals surface area contributed by atoms with Crippen molar-refractivity contribution in [1.82, 2.24) is 30.2 Å². The summed E-state index contributed by atoms with van der Waals surface area (Å²) in [7, 11) is 0. The number of carbonyl (C=O) groups is 1. The van der Waals surface area contributed by atoms with Crippen LogP contribution >= 0.6 is 0 Å². The van der Waals surface area contributed by atoms with Gasteiger partial charge in [-0.3, -0.25) is 4.57 Å². The molecular weight excluding hydrogens is 464 g/mol. The van der Waals surface area contributed by atoms with Crippen LogP contribution in [0.1, 0.15) is 39.0 Å². The Bertz CT molecular complexity index is 1180. The minimum Gasteiger partial charge on any atom is -0.387 e. The normalized spacial score (nSPS) is 22.1. The van der Waals surface area contributed by atoms with Crippen LogP contribution in [0.15, 0.2) is 36.9 Å². The van der Waals surface area contributed by atoms with E-state index in [9.17, 15) is 15.0 Å². The van der Waals surface area contributed by atoms with Crippen molar-refractivity contribution in [3.8, 4) is 0 Å². The number of amides is 2. The largest absolute Gasteiger partial charge is 0.387 e. The standard InChI is InChI=1S/C24H34N8O4/c1-24(2,3)14-5-7-15(8-6-14)31-23(35)27-10-4-9-26-11-16-18(33)19(34)22(36-16)32-13-30-17-20(25)28-12-29-21(17)32/h5-8,12-13,16,18-19,22,26,33-34H,4,9-11H2,1-3H3,(H2,25,28,29)(H2,27,31,35)/t16-,18-,19-,22-/m1/s1. The van der Waals surface area contributed by atoms with Gasteiger partial charge in [0.25, 0.3) is 0 Å². The number of benzene rings is 1. The van der Waals surface area contributed by atoms with E-state index in [-0.39, 0.29) is 17.3 Å². The summed E-state index contributed by atoms with van der Waals surface area (Å²) in [6, 6.07) is 7.55. The average molecular weight is 499 g/mol. The van der Waals surface area contributed by atoms with Crippen LogP contribution in [0.4, 0.5) is 16.3 Å². The maximum absolute atomic E-state index is 12.1. The van der Waals surface area contributed by atoms with Gasteiger partial charge in [0.15, 0.2) is 17.7 Å². The van der Waals surface area contributed by atoms with Crippen molar-refractivity contribution in [3.05, 3.63) is 42.5 Å². The lowest BCUT2D eigenvalue weighted by atomic mass is 9.87. The number of ether oxygens (including phenoxy) is 1. The molecule has 1 aliphatic rings. The van der Waals surface area contributed by atoms with E-state index >= 15 is 0 Å². The molecule has 0 unspecified atom stereocenters. The first-order valence-corrected chi connectivity index (χ1v) is 12.0. The molecule has 1 fully saturated rings. The predicted molar refractivity (Wildman–Crippen MR) is 135 cm³/mol. The van der Waals surface area contributed by atoms with Crippen molar-refractivity contribution in [3.63, 3.8) is 0 Å². The highest BCUT2D eigenvalue weighted by molar-refractivity contribution is 5.89. The zero-order valence-electron chi connectivity index (χ0n) is 20.7. The van der Waals surface area contributed by atoms with Gasteiger partial charge in [-0.2, -0.15) is 0 Å². The molecule has 3 heterocycles. The summed E-state index contributed by atoms with van der Waals surface area (Å²) in [5.41, 5.74) is 8.64. The summed E-state index contributed by atoms with van der Waals surface area (Å²) in [4.78, 5) is 24.4. The molecule has 7 N–H and O–H groups in total.